The number of hydrogen-bond donors (Lipinski definition) is 1. The number of pyridine rings is 1. The van der Waals surface area contributed by atoms with Crippen LogP contribution < -0.4 is 4.74 Å². The number of hydrogen-bond acceptors (Lipinski definition) is 5. The number of aromatic nitrogens is 1. The number of rotatable bonds is 14. The molecule has 200 valence electrons. The summed E-state index contributed by atoms with van der Waals surface area (Å²) in [5.74, 6) is -0.0344. The maximum Gasteiger partial charge on any atom is 0.254 e. The second-order valence-electron chi connectivity index (χ2n) is 9.15. The Labute approximate surface area is 232 Å². The maximum atomic E-state index is 13.9. The first kappa shape index (κ1) is 25.0. The molecule has 0 bridgehead atoms. The predicted molar refractivity (Wildman–Crippen MR) is 152 cm³/mol. The summed E-state index contributed by atoms with van der Waals surface area (Å²) in [5.41, 5.74) is 3.26. The van der Waals surface area contributed by atoms with Crippen molar-refractivity contribution < 1.29 is 22.2 Å². The van der Waals surface area contributed by atoms with Gasteiger partial charge in [0.15, 0.2) is 5.78 Å². The van der Waals surface area contributed by atoms with E-state index in [1.807, 2.05) is 54.6 Å². The van der Waals surface area contributed by atoms with Crippen LogP contribution >= 0.6 is 0 Å². The summed E-state index contributed by atoms with van der Waals surface area (Å²) in [4.78, 5) is 30.6. The van der Waals surface area contributed by atoms with Crippen molar-refractivity contribution >= 4 is 11.7 Å². The normalized spacial score (nSPS) is 11.8. The number of nitrogens with zero attached hydrogens (tertiary/aromatic N) is 2. The number of unbranched alkanes of at least 4 members (excludes halogenated alkanes) is 2. The van der Waals surface area contributed by atoms with E-state index in [2.05, 4.69) is 4.98 Å². The Balaban J connectivity index is 1.55. The third-order valence-corrected chi connectivity index (χ3v) is 6.24. The lowest BCUT2D eigenvalue weighted by Crippen LogP contribution is -2.30. The van der Waals surface area contributed by atoms with Crippen molar-refractivity contribution in [2.24, 2.45) is 0 Å². The van der Waals surface area contributed by atoms with E-state index in [4.69, 9.17) is 12.6 Å². The Hall–Kier alpha value is -4.29. The quantitative estimate of drug-likeness (QED) is 0.202. The first-order valence-electron chi connectivity index (χ1n) is 14.1. The molecule has 0 unspecified atom stereocenters. The van der Waals surface area contributed by atoms with Gasteiger partial charge in [0.2, 0.25) is 0 Å². The number of benzene rings is 3. The highest BCUT2D eigenvalue weighted by atomic mass is 16.5. The van der Waals surface area contributed by atoms with Gasteiger partial charge in [-0.1, -0.05) is 66.7 Å². The number of carbonyl (C=O) groups is 2. The highest BCUT2D eigenvalue weighted by Crippen LogP contribution is 2.24. The molecule has 6 nitrogen and oxygen atoms in total. The smallest absolute Gasteiger partial charge is 0.254 e. The highest BCUT2D eigenvalue weighted by molar-refractivity contribution is 5.94. The Morgan fingerprint density at radius 2 is 1.62 bits per heavy atom. The summed E-state index contributed by atoms with van der Waals surface area (Å²) >= 11 is 0. The van der Waals surface area contributed by atoms with Gasteiger partial charge in [-0.2, -0.15) is 0 Å². The fraction of sp³-hybridized carbons (Fsp3) is 0.242. The van der Waals surface area contributed by atoms with Crippen molar-refractivity contribution in [1.82, 2.24) is 9.88 Å². The highest BCUT2D eigenvalue weighted by Gasteiger charge is 2.19. The molecule has 1 amide bonds. The molecule has 3 aromatic carbocycles. The van der Waals surface area contributed by atoms with E-state index < -0.39 is 19.0 Å². The van der Waals surface area contributed by atoms with Crippen molar-refractivity contribution in [2.45, 2.75) is 38.7 Å². The van der Waals surface area contributed by atoms with Crippen molar-refractivity contribution in [1.29, 1.82) is 0 Å². The van der Waals surface area contributed by atoms with Gasteiger partial charge >= 0.3 is 0 Å². The lowest BCUT2D eigenvalue weighted by molar-refractivity contribution is -0.121. The van der Waals surface area contributed by atoms with Crippen LogP contribution in [0.2, 0.25) is 0 Å². The molecule has 0 radical (unpaired) electrons. The van der Waals surface area contributed by atoms with Crippen LogP contribution in [0.25, 0.3) is 11.1 Å². The first-order valence-corrected chi connectivity index (χ1v) is 13.1. The average molecular weight is 525 g/mol. The van der Waals surface area contributed by atoms with Crippen LogP contribution in [0.3, 0.4) is 0 Å². The zero-order chi connectivity index (χ0) is 29.1. The molecule has 39 heavy (non-hydrogen) atoms. The van der Waals surface area contributed by atoms with Gasteiger partial charge in [0, 0.05) is 43.0 Å². The molecular weight excluding hydrogens is 488 g/mol. The zero-order valence-corrected chi connectivity index (χ0v) is 21.8. The second kappa shape index (κ2) is 14.6. The largest absolute Gasteiger partial charge is 0.493 e. The number of amides is 1. The van der Waals surface area contributed by atoms with Gasteiger partial charge in [-0.25, -0.2) is 0 Å². The van der Waals surface area contributed by atoms with Crippen LogP contribution in [-0.2, 0) is 17.8 Å². The van der Waals surface area contributed by atoms with Gasteiger partial charge in [-0.05, 0) is 60.2 Å². The minimum absolute atomic E-state index is 0.00768. The molecule has 0 saturated heterocycles. The van der Waals surface area contributed by atoms with Crippen LogP contribution in [0.4, 0.5) is 0 Å². The molecular formula is C33H34N2O4. The maximum absolute atomic E-state index is 13.9. The Bertz CT molecular complexity index is 1410. The lowest BCUT2D eigenvalue weighted by atomic mass is 10.0. The molecule has 0 spiro atoms. The summed E-state index contributed by atoms with van der Waals surface area (Å²) in [6, 6.07) is 26.9. The third kappa shape index (κ3) is 8.35. The molecule has 0 atom stereocenters. The summed E-state index contributed by atoms with van der Waals surface area (Å²) in [7, 11) is 0. The van der Waals surface area contributed by atoms with E-state index in [1.54, 1.807) is 48.8 Å². The fourth-order valence-electron chi connectivity index (χ4n) is 4.13. The van der Waals surface area contributed by atoms with Crippen molar-refractivity contribution in [3.8, 4) is 16.9 Å². The molecule has 0 aliphatic rings. The summed E-state index contributed by atoms with van der Waals surface area (Å²) in [6.45, 7) is -2.12. The van der Waals surface area contributed by atoms with E-state index >= 15 is 0 Å². The van der Waals surface area contributed by atoms with Crippen molar-refractivity contribution in [3.05, 3.63) is 120 Å². The number of carbonyl (C=O) groups excluding carboxylic acids is 2. The van der Waals surface area contributed by atoms with E-state index in [0.717, 1.165) is 24.0 Å². The molecule has 0 aliphatic heterocycles. The molecule has 0 saturated carbocycles. The fourth-order valence-corrected chi connectivity index (χ4v) is 4.13. The molecule has 1 heterocycles. The van der Waals surface area contributed by atoms with E-state index in [9.17, 15) is 9.59 Å². The molecule has 1 N–H and O–H groups in total. The first-order chi connectivity index (χ1) is 19.9. The monoisotopic (exact) mass is 524 g/mol. The van der Waals surface area contributed by atoms with Gasteiger partial charge in [-0.15, -0.1) is 0 Å². The number of ketones is 1. The van der Waals surface area contributed by atoms with E-state index in [1.165, 1.54) is 4.90 Å². The lowest BCUT2D eigenvalue weighted by Gasteiger charge is -2.24. The van der Waals surface area contributed by atoms with Gasteiger partial charge in [0.05, 0.1) is 9.35 Å². The molecule has 1 aromatic heterocycles. The second-order valence-corrected chi connectivity index (χ2v) is 9.15. The SMILES string of the molecule is [2H]C([2H])(c1ccccc1)N(Cc1ccccc1OCCCCCC(=O)CO)C(=O)c1ccc(-c2cccnc2)cc1. The van der Waals surface area contributed by atoms with Crippen LogP contribution in [0.5, 0.6) is 5.75 Å². The number of ether oxygens (including phenoxy) is 1. The number of aliphatic hydroxyl groups is 1. The number of Topliss-reactive ketones (excluding diaryl/α,β-unsaturated/α-hetero) is 1. The Kier molecular flexibility index (Phi) is 9.36. The standard InChI is InChI=1S/C33H34N2O4/c36-25-31(37)14-5-2-8-21-39-32-15-7-6-12-30(32)24-35(23-26-10-3-1-4-11-26)33(38)28-18-16-27(17-19-28)29-13-9-20-34-22-29/h1,3-4,6-7,9-13,15-20,22,36H,2,5,8,14,21,23-25H2/i23D2. The molecule has 4 aromatic rings. The van der Waals surface area contributed by atoms with Crippen molar-refractivity contribution in [3.63, 3.8) is 0 Å². The summed E-state index contributed by atoms with van der Waals surface area (Å²) in [6.07, 6.45) is 6.00. The number of aliphatic hydroxyl groups excluding tert-OH is 1. The average Bonchev–Trinajstić information content (AvgIpc) is 3.02. The summed E-state index contributed by atoms with van der Waals surface area (Å²) in [5, 5.41) is 8.86. The van der Waals surface area contributed by atoms with Gasteiger partial charge in [-0.3, -0.25) is 14.6 Å². The third-order valence-electron chi connectivity index (χ3n) is 6.24. The van der Waals surface area contributed by atoms with Gasteiger partial charge in [0.1, 0.15) is 12.4 Å². The van der Waals surface area contributed by atoms with E-state index in [0.29, 0.717) is 41.9 Å². The minimum atomic E-state index is -2.10. The van der Waals surface area contributed by atoms with Gasteiger partial charge < -0.3 is 14.7 Å². The van der Waals surface area contributed by atoms with Crippen LogP contribution in [0.15, 0.2) is 103 Å². The zero-order valence-electron chi connectivity index (χ0n) is 23.8. The topological polar surface area (TPSA) is 79.7 Å². The molecule has 4 rings (SSSR count). The van der Waals surface area contributed by atoms with Crippen LogP contribution in [-0.4, -0.2) is 39.9 Å². The number of para-hydroxylation sites is 1. The van der Waals surface area contributed by atoms with Crippen LogP contribution in [0.1, 0.15) is 49.9 Å². The van der Waals surface area contributed by atoms with Crippen LogP contribution in [0, 0.1) is 0 Å². The minimum Gasteiger partial charge on any atom is -0.493 e. The molecule has 0 fully saturated rings. The van der Waals surface area contributed by atoms with Crippen molar-refractivity contribution in [2.75, 3.05) is 13.2 Å². The molecule has 0 aliphatic carbocycles. The van der Waals surface area contributed by atoms with E-state index in [-0.39, 0.29) is 12.3 Å². The Morgan fingerprint density at radius 1 is 0.846 bits per heavy atom. The predicted octanol–water partition coefficient (Wildman–Crippen LogP) is 6.09. The molecule has 6 heteroatoms. The van der Waals surface area contributed by atoms with Gasteiger partial charge in [0.25, 0.3) is 5.91 Å². The Morgan fingerprint density at radius 3 is 2.36 bits per heavy atom. The summed E-state index contributed by atoms with van der Waals surface area (Å²) < 4.78 is 24.1.